The van der Waals surface area contributed by atoms with Crippen molar-refractivity contribution in [2.45, 2.75) is 44.9 Å². The van der Waals surface area contributed by atoms with Gasteiger partial charge in [-0.25, -0.2) is 0 Å². The lowest BCUT2D eigenvalue weighted by atomic mass is 9.85. The topological polar surface area (TPSA) is 61.3 Å². The van der Waals surface area contributed by atoms with Gasteiger partial charge in [-0.3, -0.25) is 0 Å². The maximum atomic E-state index is 6.04. The van der Waals surface area contributed by atoms with Gasteiger partial charge in [-0.2, -0.15) is 0 Å². The first-order valence-corrected chi connectivity index (χ1v) is 7.78. The van der Waals surface area contributed by atoms with Gasteiger partial charge in [-0.05, 0) is 37.5 Å². The molecule has 2 aromatic rings. The summed E-state index contributed by atoms with van der Waals surface area (Å²) in [4.78, 5) is 0. The van der Waals surface area contributed by atoms with Crippen LogP contribution in [0.3, 0.4) is 0 Å². The van der Waals surface area contributed by atoms with E-state index in [0.717, 1.165) is 22.6 Å². The molecule has 21 heavy (non-hydrogen) atoms. The van der Waals surface area contributed by atoms with E-state index in [-0.39, 0.29) is 0 Å². The molecule has 1 aliphatic carbocycles. The number of aromatic nitrogens is 1. The number of nitrogens with two attached hydrogens (primary N) is 1. The van der Waals surface area contributed by atoms with Crippen LogP contribution in [0.4, 0.5) is 5.82 Å². The molecule has 0 bridgehead atoms. The van der Waals surface area contributed by atoms with Crippen molar-refractivity contribution in [1.82, 2.24) is 5.16 Å². The van der Waals surface area contributed by atoms with Crippen LogP contribution in [0, 0.1) is 0 Å². The van der Waals surface area contributed by atoms with Crippen LogP contribution < -0.4 is 10.5 Å². The SMILES string of the molecule is CCOc1ccc(-c2c(N)noc2C2CCCCC2)cc1. The highest BCUT2D eigenvalue weighted by molar-refractivity contribution is 5.76. The molecule has 112 valence electrons. The van der Waals surface area contributed by atoms with Crippen molar-refractivity contribution in [2.24, 2.45) is 0 Å². The van der Waals surface area contributed by atoms with Gasteiger partial charge in [-0.1, -0.05) is 36.6 Å². The van der Waals surface area contributed by atoms with Crippen LogP contribution in [0.15, 0.2) is 28.8 Å². The minimum absolute atomic E-state index is 0.449. The minimum Gasteiger partial charge on any atom is -0.494 e. The number of nitrogens with zero attached hydrogens (tertiary/aromatic N) is 1. The average Bonchev–Trinajstić information content (AvgIpc) is 2.91. The van der Waals surface area contributed by atoms with Gasteiger partial charge in [0.1, 0.15) is 11.5 Å². The summed E-state index contributed by atoms with van der Waals surface area (Å²) in [6, 6.07) is 7.99. The Morgan fingerprint density at radius 1 is 1.19 bits per heavy atom. The van der Waals surface area contributed by atoms with Gasteiger partial charge in [0, 0.05) is 5.92 Å². The molecule has 1 fully saturated rings. The highest BCUT2D eigenvalue weighted by Crippen LogP contribution is 2.40. The van der Waals surface area contributed by atoms with Crippen molar-refractivity contribution in [3.63, 3.8) is 0 Å². The molecule has 2 N–H and O–H groups in total. The molecule has 1 saturated carbocycles. The number of hydrogen-bond donors (Lipinski definition) is 1. The van der Waals surface area contributed by atoms with E-state index in [4.69, 9.17) is 15.0 Å². The molecule has 1 aromatic carbocycles. The Morgan fingerprint density at radius 2 is 1.90 bits per heavy atom. The summed E-state index contributed by atoms with van der Waals surface area (Å²) in [5.74, 6) is 2.76. The molecule has 0 atom stereocenters. The lowest BCUT2D eigenvalue weighted by molar-refractivity contribution is 0.323. The number of hydrogen-bond acceptors (Lipinski definition) is 4. The fourth-order valence-corrected chi connectivity index (χ4v) is 3.13. The monoisotopic (exact) mass is 286 g/mol. The Kier molecular flexibility index (Phi) is 4.13. The molecular formula is C17H22N2O2. The fraction of sp³-hybridized carbons (Fsp3) is 0.471. The molecule has 4 nitrogen and oxygen atoms in total. The minimum atomic E-state index is 0.449. The zero-order valence-electron chi connectivity index (χ0n) is 12.5. The van der Waals surface area contributed by atoms with Crippen molar-refractivity contribution >= 4 is 5.82 Å². The Morgan fingerprint density at radius 3 is 2.57 bits per heavy atom. The predicted octanol–water partition coefficient (Wildman–Crippen LogP) is 4.37. The van der Waals surface area contributed by atoms with Crippen molar-refractivity contribution in [3.05, 3.63) is 30.0 Å². The highest BCUT2D eigenvalue weighted by Gasteiger charge is 2.25. The average molecular weight is 286 g/mol. The third kappa shape index (κ3) is 2.89. The molecule has 0 aliphatic heterocycles. The Bertz CT molecular complexity index is 583. The number of anilines is 1. The first kappa shape index (κ1) is 14.0. The Labute approximate surface area is 125 Å². The zero-order valence-corrected chi connectivity index (χ0v) is 12.5. The van der Waals surface area contributed by atoms with E-state index in [1.807, 2.05) is 31.2 Å². The molecule has 0 amide bonds. The highest BCUT2D eigenvalue weighted by atomic mass is 16.5. The van der Waals surface area contributed by atoms with Crippen LogP contribution in [0.5, 0.6) is 5.75 Å². The van der Waals surface area contributed by atoms with E-state index in [0.29, 0.717) is 18.3 Å². The lowest BCUT2D eigenvalue weighted by Gasteiger charge is -2.20. The summed E-state index contributed by atoms with van der Waals surface area (Å²) in [5, 5.41) is 4.00. The van der Waals surface area contributed by atoms with Crippen molar-refractivity contribution < 1.29 is 9.26 Å². The molecule has 1 aromatic heterocycles. The third-order valence-electron chi connectivity index (χ3n) is 4.17. The zero-order chi connectivity index (χ0) is 14.7. The van der Waals surface area contributed by atoms with Gasteiger partial charge >= 0.3 is 0 Å². The molecule has 1 aliphatic rings. The first-order valence-electron chi connectivity index (χ1n) is 7.78. The number of ether oxygens (including phenoxy) is 1. The van der Waals surface area contributed by atoms with E-state index in [1.54, 1.807) is 0 Å². The molecule has 0 saturated heterocycles. The predicted molar refractivity (Wildman–Crippen MR) is 83.3 cm³/mol. The van der Waals surface area contributed by atoms with E-state index in [9.17, 15) is 0 Å². The van der Waals surface area contributed by atoms with Crippen LogP contribution in [-0.4, -0.2) is 11.8 Å². The van der Waals surface area contributed by atoms with Gasteiger partial charge in [0.15, 0.2) is 5.82 Å². The summed E-state index contributed by atoms with van der Waals surface area (Å²) >= 11 is 0. The second-order valence-corrected chi connectivity index (χ2v) is 5.60. The second kappa shape index (κ2) is 6.20. The van der Waals surface area contributed by atoms with Crippen LogP contribution in [0.1, 0.15) is 50.7 Å². The molecule has 4 heteroatoms. The fourth-order valence-electron chi connectivity index (χ4n) is 3.13. The Hall–Kier alpha value is -1.97. The summed E-state index contributed by atoms with van der Waals surface area (Å²) in [5.41, 5.74) is 8.06. The molecule has 0 unspecified atom stereocenters. The van der Waals surface area contributed by atoms with Crippen LogP contribution in [-0.2, 0) is 0 Å². The molecule has 0 spiro atoms. The lowest BCUT2D eigenvalue weighted by Crippen LogP contribution is -2.05. The largest absolute Gasteiger partial charge is 0.494 e. The molecular weight excluding hydrogens is 264 g/mol. The quantitative estimate of drug-likeness (QED) is 0.906. The van der Waals surface area contributed by atoms with Crippen molar-refractivity contribution in [3.8, 4) is 16.9 Å². The van der Waals surface area contributed by atoms with E-state index < -0.39 is 0 Å². The first-order chi connectivity index (χ1) is 10.3. The maximum absolute atomic E-state index is 6.04. The normalized spacial score (nSPS) is 16.0. The summed E-state index contributed by atoms with van der Waals surface area (Å²) in [6.07, 6.45) is 6.16. The second-order valence-electron chi connectivity index (χ2n) is 5.60. The van der Waals surface area contributed by atoms with Gasteiger partial charge in [0.05, 0.1) is 12.2 Å². The summed E-state index contributed by atoms with van der Waals surface area (Å²) in [6.45, 7) is 2.65. The van der Waals surface area contributed by atoms with Gasteiger partial charge in [0.25, 0.3) is 0 Å². The number of rotatable bonds is 4. The Balaban J connectivity index is 1.91. The van der Waals surface area contributed by atoms with E-state index in [1.165, 1.54) is 32.1 Å². The maximum Gasteiger partial charge on any atom is 0.175 e. The van der Waals surface area contributed by atoms with Gasteiger partial charge in [0.2, 0.25) is 0 Å². The van der Waals surface area contributed by atoms with E-state index >= 15 is 0 Å². The van der Waals surface area contributed by atoms with Crippen molar-refractivity contribution in [1.29, 1.82) is 0 Å². The van der Waals surface area contributed by atoms with Gasteiger partial charge in [-0.15, -0.1) is 0 Å². The third-order valence-corrected chi connectivity index (χ3v) is 4.17. The van der Waals surface area contributed by atoms with Crippen LogP contribution >= 0.6 is 0 Å². The summed E-state index contributed by atoms with van der Waals surface area (Å²) < 4.78 is 11.0. The molecule has 1 heterocycles. The smallest absolute Gasteiger partial charge is 0.175 e. The molecule has 0 radical (unpaired) electrons. The van der Waals surface area contributed by atoms with Gasteiger partial charge < -0.3 is 15.0 Å². The van der Waals surface area contributed by atoms with Crippen LogP contribution in [0.2, 0.25) is 0 Å². The van der Waals surface area contributed by atoms with Crippen molar-refractivity contribution in [2.75, 3.05) is 12.3 Å². The summed E-state index contributed by atoms with van der Waals surface area (Å²) in [7, 11) is 0. The number of nitrogen functional groups attached to an aromatic ring is 1. The van der Waals surface area contributed by atoms with E-state index in [2.05, 4.69) is 5.16 Å². The molecule has 3 rings (SSSR count). The standard InChI is InChI=1S/C17H22N2O2/c1-2-20-14-10-8-12(9-11-14)15-16(21-19-17(15)18)13-6-4-3-5-7-13/h8-11,13H,2-7H2,1H3,(H2,18,19). The van der Waals surface area contributed by atoms with Crippen LogP contribution in [0.25, 0.3) is 11.1 Å². The number of benzene rings is 1.